The average Bonchev–Trinajstić information content (AvgIpc) is 2.81. The van der Waals surface area contributed by atoms with E-state index in [0.717, 1.165) is 20.6 Å². The number of halogens is 2. The van der Waals surface area contributed by atoms with E-state index >= 15 is 0 Å². The minimum Gasteiger partial charge on any atom is -0.323 e. The van der Waals surface area contributed by atoms with Crippen molar-refractivity contribution in [3.63, 3.8) is 0 Å². The third-order valence-corrected chi connectivity index (χ3v) is 5.70. The number of thiophene rings is 1. The zero-order valence-electron chi connectivity index (χ0n) is 7.09. The maximum absolute atomic E-state index is 6.09. The topological polar surface area (TPSA) is 26.0 Å². The van der Waals surface area contributed by atoms with E-state index in [9.17, 15) is 0 Å². The van der Waals surface area contributed by atoms with Crippen molar-refractivity contribution in [3.8, 4) is 0 Å². The zero-order chi connectivity index (χ0) is 9.42. The molecule has 72 valence electrons. The average molecular weight is 325 g/mol. The summed E-state index contributed by atoms with van der Waals surface area (Å²) < 4.78 is 2.27. The van der Waals surface area contributed by atoms with Gasteiger partial charge in [-0.2, -0.15) is 0 Å². The number of rotatable bonds is 3. The highest BCUT2D eigenvalue weighted by Gasteiger charge is 2.25. The Labute approximate surface area is 99.0 Å². The van der Waals surface area contributed by atoms with E-state index in [2.05, 4.69) is 37.9 Å². The van der Waals surface area contributed by atoms with Crippen molar-refractivity contribution in [2.45, 2.75) is 25.3 Å². The van der Waals surface area contributed by atoms with E-state index in [1.165, 1.54) is 17.7 Å². The van der Waals surface area contributed by atoms with E-state index in [4.69, 9.17) is 5.73 Å². The van der Waals surface area contributed by atoms with Crippen LogP contribution in [0.5, 0.6) is 0 Å². The molecule has 2 N–H and O–H groups in total. The van der Waals surface area contributed by atoms with Gasteiger partial charge in [0, 0.05) is 15.4 Å². The zero-order valence-corrected chi connectivity index (χ0v) is 11.1. The summed E-state index contributed by atoms with van der Waals surface area (Å²) in [5, 5.41) is 0. The van der Waals surface area contributed by atoms with E-state index in [-0.39, 0.29) is 6.04 Å². The summed E-state index contributed by atoms with van der Waals surface area (Å²) >= 11 is 8.69. The third kappa shape index (κ3) is 2.55. The lowest BCUT2D eigenvalue weighted by atomic mass is 10.1. The predicted octanol–water partition coefficient (Wildman–Crippen LogP) is 4.07. The molecule has 4 heteroatoms. The van der Waals surface area contributed by atoms with Crippen LogP contribution in [0.15, 0.2) is 14.3 Å². The first-order valence-electron chi connectivity index (χ1n) is 4.37. The van der Waals surface area contributed by atoms with Crippen LogP contribution < -0.4 is 5.73 Å². The van der Waals surface area contributed by atoms with E-state index in [0.29, 0.717) is 0 Å². The largest absolute Gasteiger partial charge is 0.323 e. The van der Waals surface area contributed by atoms with Gasteiger partial charge in [0.25, 0.3) is 0 Å². The Hall–Kier alpha value is 0.620. The smallest absolute Gasteiger partial charge is 0.0843 e. The van der Waals surface area contributed by atoms with Crippen LogP contribution in [-0.2, 0) is 0 Å². The third-order valence-electron chi connectivity index (χ3n) is 2.31. The SMILES string of the molecule is NC(CC1CC1)c1cc(Br)c(Br)s1. The van der Waals surface area contributed by atoms with E-state index < -0.39 is 0 Å². The fourth-order valence-corrected chi connectivity index (χ4v) is 3.48. The molecule has 0 aromatic carbocycles. The monoisotopic (exact) mass is 323 g/mol. The standard InChI is InChI=1S/C9H11Br2NS/c10-6-4-8(13-9(6)11)7(12)3-5-1-2-5/h4-5,7H,1-3,12H2. The van der Waals surface area contributed by atoms with Gasteiger partial charge >= 0.3 is 0 Å². The predicted molar refractivity (Wildman–Crippen MR) is 64.0 cm³/mol. The fourth-order valence-electron chi connectivity index (χ4n) is 1.37. The van der Waals surface area contributed by atoms with Crippen molar-refractivity contribution in [3.05, 3.63) is 19.2 Å². The second kappa shape index (κ2) is 4.01. The van der Waals surface area contributed by atoms with Crippen molar-refractivity contribution >= 4 is 43.2 Å². The Balaban J connectivity index is 2.05. The molecular formula is C9H11Br2NS. The summed E-state index contributed by atoms with van der Waals surface area (Å²) in [6.07, 6.45) is 3.90. The molecule has 13 heavy (non-hydrogen) atoms. The van der Waals surface area contributed by atoms with Crippen molar-refractivity contribution < 1.29 is 0 Å². The first kappa shape index (κ1) is 10.1. The fraction of sp³-hybridized carbons (Fsp3) is 0.556. The van der Waals surface area contributed by atoms with Crippen molar-refractivity contribution in [1.82, 2.24) is 0 Å². The molecule has 1 atom stereocenters. The van der Waals surface area contributed by atoms with Gasteiger partial charge in [0.2, 0.25) is 0 Å². The molecule has 0 bridgehead atoms. The van der Waals surface area contributed by atoms with Crippen LogP contribution in [0.25, 0.3) is 0 Å². The molecule has 1 aliphatic carbocycles. The van der Waals surface area contributed by atoms with Gasteiger partial charge in [-0.05, 0) is 50.3 Å². The maximum atomic E-state index is 6.09. The van der Waals surface area contributed by atoms with Crippen LogP contribution in [0.4, 0.5) is 0 Å². The maximum Gasteiger partial charge on any atom is 0.0843 e. The minimum atomic E-state index is 0.236. The van der Waals surface area contributed by atoms with Crippen LogP contribution in [0.1, 0.15) is 30.2 Å². The van der Waals surface area contributed by atoms with Crippen molar-refractivity contribution in [2.75, 3.05) is 0 Å². The van der Waals surface area contributed by atoms with Crippen molar-refractivity contribution in [1.29, 1.82) is 0 Å². The second-order valence-electron chi connectivity index (χ2n) is 3.56. The summed E-state index contributed by atoms with van der Waals surface area (Å²) in [4.78, 5) is 1.28. The highest BCUT2D eigenvalue weighted by atomic mass is 79.9. The molecule has 2 rings (SSSR count). The lowest BCUT2D eigenvalue weighted by Crippen LogP contribution is -2.08. The molecular weight excluding hydrogens is 314 g/mol. The number of hydrogen-bond acceptors (Lipinski definition) is 2. The Morgan fingerprint density at radius 3 is 2.69 bits per heavy atom. The number of hydrogen-bond donors (Lipinski definition) is 1. The Morgan fingerprint density at radius 2 is 2.23 bits per heavy atom. The molecule has 0 amide bonds. The van der Waals surface area contributed by atoms with Gasteiger partial charge < -0.3 is 5.73 Å². The highest BCUT2D eigenvalue weighted by molar-refractivity contribution is 9.13. The summed E-state index contributed by atoms with van der Waals surface area (Å²) in [6.45, 7) is 0. The molecule has 1 nitrogen and oxygen atoms in total. The molecule has 1 aromatic rings. The molecule has 1 aliphatic rings. The van der Waals surface area contributed by atoms with Gasteiger partial charge in [0.15, 0.2) is 0 Å². The number of nitrogens with two attached hydrogens (primary N) is 1. The molecule has 1 heterocycles. The van der Waals surface area contributed by atoms with Crippen LogP contribution >= 0.6 is 43.2 Å². The van der Waals surface area contributed by atoms with Gasteiger partial charge in [0.1, 0.15) is 0 Å². The van der Waals surface area contributed by atoms with E-state index in [1.807, 2.05) is 0 Å². The molecule has 1 unspecified atom stereocenters. The molecule has 1 fully saturated rings. The van der Waals surface area contributed by atoms with E-state index in [1.54, 1.807) is 11.3 Å². The molecule has 0 saturated heterocycles. The van der Waals surface area contributed by atoms with Crippen LogP contribution in [-0.4, -0.2) is 0 Å². The molecule has 1 saturated carbocycles. The minimum absolute atomic E-state index is 0.236. The quantitative estimate of drug-likeness (QED) is 0.891. The van der Waals surface area contributed by atoms with Crippen LogP contribution in [0.3, 0.4) is 0 Å². The summed E-state index contributed by atoms with van der Waals surface area (Å²) in [5.41, 5.74) is 6.09. The van der Waals surface area contributed by atoms with Gasteiger partial charge in [-0.3, -0.25) is 0 Å². The lowest BCUT2D eigenvalue weighted by Gasteiger charge is -2.06. The highest BCUT2D eigenvalue weighted by Crippen LogP contribution is 2.41. The van der Waals surface area contributed by atoms with Crippen LogP contribution in [0, 0.1) is 5.92 Å². The molecule has 0 spiro atoms. The molecule has 0 radical (unpaired) electrons. The second-order valence-corrected chi connectivity index (χ2v) is 6.81. The first-order chi connectivity index (χ1) is 6.16. The summed E-state index contributed by atoms with van der Waals surface area (Å²) in [5.74, 6) is 0.898. The summed E-state index contributed by atoms with van der Waals surface area (Å²) in [7, 11) is 0. The first-order valence-corrected chi connectivity index (χ1v) is 6.77. The Morgan fingerprint density at radius 1 is 1.54 bits per heavy atom. The normalized spacial score (nSPS) is 19.0. The molecule has 1 aromatic heterocycles. The Kier molecular flexibility index (Phi) is 3.13. The van der Waals surface area contributed by atoms with Gasteiger partial charge in [-0.1, -0.05) is 12.8 Å². The van der Waals surface area contributed by atoms with Gasteiger partial charge in [-0.25, -0.2) is 0 Å². The summed E-state index contributed by atoms with van der Waals surface area (Å²) in [6, 6.07) is 2.36. The Bertz CT molecular complexity index is 287. The van der Waals surface area contributed by atoms with Crippen molar-refractivity contribution in [2.24, 2.45) is 11.7 Å². The molecule has 0 aliphatic heterocycles. The van der Waals surface area contributed by atoms with Crippen LogP contribution in [0.2, 0.25) is 0 Å². The lowest BCUT2D eigenvalue weighted by molar-refractivity contribution is 0.605. The van der Waals surface area contributed by atoms with Gasteiger partial charge in [0.05, 0.1) is 3.79 Å². The van der Waals surface area contributed by atoms with Gasteiger partial charge in [-0.15, -0.1) is 11.3 Å².